The van der Waals surface area contributed by atoms with Gasteiger partial charge in [-0.05, 0) is 19.1 Å². The molecule has 1 heterocycles. The van der Waals surface area contributed by atoms with Gasteiger partial charge in [-0.2, -0.15) is 0 Å². The summed E-state index contributed by atoms with van der Waals surface area (Å²) in [5, 5.41) is 0. The first-order valence-corrected chi connectivity index (χ1v) is 6.86. The Kier molecular flexibility index (Phi) is 5.21. The second-order valence-corrected chi connectivity index (χ2v) is 5.87. The summed E-state index contributed by atoms with van der Waals surface area (Å²) in [6.45, 7) is 2.18. The van der Waals surface area contributed by atoms with E-state index in [9.17, 15) is 8.42 Å². The van der Waals surface area contributed by atoms with Crippen molar-refractivity contribution in [3.8, 4) is 0 Å². The maximum absolute atomic E-state index is 12.0. The number of pyridine rings is 1. The summed E-state index contributed by atoms with van der Waals surface area (Å²) in [6.07, 6.45) is 2.81. The van der Waals surface area contributed by atoms with Crippen LogP contribution in [0.3, 0.4) is 0 Å². The van der Waals surface area contributed by atoms with Crippen molar-refractivity contribution in [3.05, 3.63) is 24.5 Å². The summed E-state index contributed by atoms with van der Waals surface area (Å²) < 4.78 is 36.6. The van der Waals surface area contributed by atoms with E-state index >= 15 is 0 Å². The van der Waals surface area contributed by atoms with Gasteiger partial charge in [0.2, 0.25) is 10.0 Å². The summed E-state index contributed by atoms with van der Waals surface area (Å²) in [5.41, 5.74) is -0.704. The van der Waals surface area contributed by atoms with E-state index in [2.05, 4.69) is 9.71 Å². The number of sulfonamides is 1. The van der Waals surface area contributed by atoms with E-state index in [1.54, 1.807) is 13.0 Å². The first-order valence-electron chi connectivity index (χ1n) is 5.37. The van der Waals surface area contributed by atoms with Crippen molar-refractivity contribution in [1.82, 2.24) is 9.71 Å². The first kappa shape index (κ1) is 15.0. The van der Waals surface area contributed by atoms with Gasteiger partial charge in [-0.1, -0.05) is 0 Å². The summed E-state index contributed by atoms with van der Waals surface area (Å²) in [4.78, 5) is 3.90. The topological polar surface area (TPSA) is 77.5 Å². The Morgan fingerprint density at radius 1 is 1.44 bits per heavy atom. The molecule has 0 amide bonds. The predicted octanol–water partition coefficient (Wildman–Crippen LogP) is 0.411. The Morgan fingerprint density at radius 2 is 2.17 bits per heavy atom. The number of methoxy groups -OCH3 is 2. The monoisotopic (exact) mass is 274 g/mol. The van der Waals surface area contributed by atoms with Crippen LogP contribution in [0.1, 0.15) is 6.92 Å². The van der Waals surface area contributed by atoms with Gasteiger partial charge in [-0.3, -0.25) is 4.98 Å². The Bertz CT molecular complexity index is 463. The van der Waals surface area contributed by atoms with Crippen LogP contribution in [0.2, 0.25) is 0 Å². The lowest BCUT2D eigenvalue weighted by atomic mass is 10.1. The lowest BCUT2D eigenvalue weighted by Gasteiger charge is -2.27. The van der Waals surface area contributed by atoms with Gasteiger partial charge in [0.15, 0.2) is 0 Å². The third kappa shape index (κ3) is 4.02. The molecule has 0 aliphatic carbocycles. The number of ether oxygens (including phenoxy) is 2. The highest BCUT2D eigenvalue weighted by Crippen LogP contribution is 2.11. The molecule has 7 heteroatoms. The van der Waals surface area contributed by atoms with Crippen LogP contribution in [0.5, 0.6) is 0 Å². The second-order valence-electron chi connectivity index (χ2n) is 4.10. The third-order valence-electron chi connectivity index (χ3n) is 2.52. The highest BCUT2D eigenvalue weighted by molar-refractivity contribution is 7.89. The van der Waals surface area contributed by atoms with E-state index < -0.39 is 15.6 Å². The summed E-state index contributed by atoms with van der Waals surface area (Å²) in [6, 6.07) is 3.05. The molecule has 1 unspecified atom stereocenters. The molecule has 1 aromatic rings. The van der Waals surface area contributed by atoms with Crippen LogP contribution >= 0.6 is 0 Å². The predicted molar refractivity (Wildman–Crippen MR) is 66.7 cm³/mol. The molecule has 0 saturated heterocycles. The zero-order valence-corrected chi connectivity index (χ0v) is 11.5. The van der Waals surface area contributed by atoms with Gasteiger partial charge in [0.25, 0.3) is 0 Å². The van der Waals surface area contributed by atoms with Crippen LogP contribution in [0.4, 0.5) is 0 Å². The molecule has 6 nitrogen and oxygen atoms in total. The number of aromatic nitrogens is 1. The molecular formula is C11H18N2O4S. The largest absolute Gasteiger partial charge is 0.382 e. The fraction of sp³-hybridized carbons (Fsp3) is 0.545. The second kappa shape index (κ2) is 6.24. The zero-order valence-electron chi connectivity index (χ0n) is 10.7. The van der Waals surface area contributed by atoms with Crippen molar-refractivity contribution in [1.29, 1.82) is 0 Å². The quantitative estimate of drug-likeness (QED) is 0.779. The summed E-state index contributed by atoms with van der Waals surface area (Å²) >= 11 is 0. The number of nitrogens with one attached hydrogen (secondary N) is 1. The average Bonchev–Trinajstić information content (AvgIpc) is 2.38. The van der Waals surface area contributed by atoms with Crippen molar-refractivity contribution in [2.45, 2.75) is 17.4 Å². The Hall–Kier alpha value is -1.02. The normalized spacial score (nSPS) is 15.3. The van der Waals surface area contributed by atoms with Crippen LogP contribution in [0.15, 0.2) is 29.4 Å². The smallest absolute Gasteiger partial charge is 0.242 e. The fourth-order valence-electron chi connectivity index (χ4n) is 1.32. The summed E-state index contributed by atoms with van der Waals surface area (Å²) in [7, 11) is -0.524. The highest BCUT2D eigenvalue weighted by atomic mass is 32.2. The first-order chi connectivity index (χ1) is 8.43. The molecule has 1 atom stereocenters. The van der Waals surface area contributed by atoms with E-state index in [0.717, 1.165) is 0 Å². The van der Waals surface area contributed by atoms with Gasteiger partial charge >= 0.3 is 0 Å². The van der Waals surface area contributed by atoms with E-state index in [-0.39, 0.29) is 11.4 Å². The van der Waals surface area contributed by atoms with Crippen LogP contribution in [0.25, 0.3) is 0 Å². The molecule has 0 saturated carbocycles. The number of rotatable bonds is 7. The van der Waals surface area contributed by atoms with Gasteiger partial charge in [0, 0.05) is 33.2 Å². The van der Waals surface area contributed by atoms with Gasteiger partial charge in [0.05, 0.1) is 6.61 Å². The fourth-order valence-corrected chi connectivity index (χ4v) is 2.44. The number of nitrogens with zero attached hydrogens (tertiary/aromatic N) is 1. The van der Waals surface area contributed by atoms with Crippen molar-refractivity contribution in [2.75, 3.05) is 27.4 Å². The molecular weight excluding hydrogens is 256 g/mol. The van der Waals surface area contributed by atoms with Crippen molar-refractivity contribution < 1.29 is 17.9 Å². The SMILES string of the molecule is COCC(C)(CNS(=O)(=O)c1cccnc1)OC. The van der Waals surface area contributed by atoms with E-state index in [1.165, 1.54) is 32.7 Å². The van der Waals surface area contributed by atoms with Crippen molar-refractivity contribution in [2.24, 2.45) is 0 Å². The molecule has 18 heavy (non-hydrogen) atoms. The van der Waals surface area contributed by atoms with E-state index in [1.807, 2.05) is 0 Å². The molecule has 102 valence electrons. The molecule has 0 aliphatic heterocycles. The van der Waals surface area contributed by atoms with Crippen molar-refractivity contribution in [3.63, 3.8) is 0 Å². The maximum Gasteiger partial charge on any atom is 0.242 e. The summed E-state index contributed by atoms with van der Waals surface area (Å²) in [5.74, 6) is 0. The highest BCUT2D eigenvalue weighted by Gasteiger charge is 2.26. The van der Waals surface area contributed by atoms with Gasteiger partial charge in [0.1, 0.15) is 10.5 Å². The van der Waals surface area contributed by atoms with Crippen LogP contribution in [0, 0.1) is 0 Å². The van der Waals surface area contributed by atoms with Gasteiger partial charge < -0.3 is 9.47 Å². The molecule has 1 rings (SSSR count). The van der Waals surface area contributed by atoms with Crippen LogP contribution in [-0.2, 0) is 19.5 Å². The van der Waals surface area contributed by atoms with Crippen molar-refractivity contribution >= 4 is 10.0 Å². The minimum absolute atomic E-state index is 0.120. The Labute approximate surface area is 107 Å². The van der Waals surface area contributed by atoms with Crippen LogP contribution in [-0.4, -0.2) is 46.4 Å². The average molecular weight is 274 g/mol. The molecule has 1 aromatic heterocycles. The van der Waals surface area contributed by atoms with Crippen LogP contribution < -0.4 is 4.72 Å². The standard InChI is InChI=1S/C11H18N2O4S/c1-11(17-3,9-16-2)8-13-18(14,15)10-5-4-6-12-7-10/h4-7,13H,8-9H2,1-3H3. The zero-order chi connectivity index (χ0) is 13.6. The molecule has 0 aromatic carbocycles. The number of hydrogen-bond acceptors (Lipinski definition) is 5. The van der Waals surface area contributed by atoms with E-state index in [4.69, 9.17) is 9.47 Å². The maximum atomic E-state index is 12.0. The van der Waals surface area contributed by atoms with E-state index in [0.29, 0.717) is 6.61 Å². The van der Waals surface area contributed by atoms with Gasteiger partial charge in [-0.15, -0.1) is 0 Å². The minimum Gasteiger partial charge on any atom is -0.382 e. The minimum atomic E-state index is -3.57. The third-order valence-corrected chi connectivity index (χ3v) is 3.91. The Balaban J connectivity index is 2.73. The molecule has 1 N–H and O–H groups in total. The lowest BCUT2D eigenvalue weighted by Crippen LogP contribution is -2.45. The molecule has 0 radical (unpaired) electrons. The molecule has 0 spiro atoms. The lowest BCUT2D eigenvalue weighted by molar-refractivity contribution is -0.0460. The molecule has 0 bridgehead atoms. The Morgan fingerprint density at radius 3 is 2.67 bits per heavy atom. The number of hydrogen-bond donors (Lipinski definition) is 1. The van der Waals surface area contributed by atoms with Gasteiger partial charge in [-0.25, -0.2) is 13.1 Å². The molecule has 0 aliphatic rings. The molecule has 0 fully saturated rings.